The van der Waals surface area contributed by atoms with Crippen molar-refractivity contribution >= 4 is 58.8 Å². The van der Waals surface area contributed by atoms with Crippen molar-refractivity contribution in [3.8, 4) is 11.5 Å². The Hall–Kier alpha value is -3.66. The van der Waals surface area contributed by atoms with Crippen LogP contribution in [0.25, 0.3) is 6.08 Å². The van der Waals surface area contributed by atoms with Gasteiger partial charge in [0.1, 0.15) is 18.1 Å². The van der Waals surface area contributed by atoms with E-state index >= 15 is 0 Å². The summed E-state index contributed by atoms with van der Waals surface area (Å²) < 4.78 is 21.4. The first-order valence-electron chi connectivity index (χ1n) is 10.7. The minimum Gasteiger partial charge on any atom is -0.493 e. The maximum Gasteiger partial charge on any atom is 0.373 e. The third kappa shape index (κ3) is 5.85. The van der Waals surface area contributed by atoms with Gasteiger partial charge in [-0.25, -0.2) is 9.59 Å². The summed E-state index contributed by atoms with van der Waals surface area (Å²) in [7, 11) is 2.66. The van der Waals surface area contributed by atoms with E-state index in [2.05, 4.69) is 10.1 Å². The molecule has 3 amide bonds. The van der Waals surface area contributed by atoms with Crippen molar-refractivity contribution in [2.24, 2.45) is 0 Å². The maximum atomic E-state index is 13.0. The van der Waals surface area contributed by atoms with Crippen LogP contribution in [0, 0.1) is 0 Å². The van der Waals surface area contributed by atoms with E-state index in [4.69, 9.17) is 48.7 Å². The fourth-order valence-corrected chi connectivity index (χ4v) is 4.02. The molecule has 192 valence electrons. The van der Waals surface area contributed by atoms with Crippen molar-refractivity contribution in [2.75, 3.05) is 14.2 Å². The molecule has 1 saturated heterocycles. The third-order valence-electron chi connectivity index (χ3n) is 5.26. The topological polar surface area (TPSA) is 107 Å². The Balaban J connectivity index is 1.59. The largest absolute Gasteiger partial charge is 0.493 e. The van der Waals surface area contributed by atoms with Gasteiger partial charge in [0.25, 0.3) is 5.91 Å². The number of hydrogen-bond donors (Lipinski definition) is 1. The number of imide groups is 1. The van der Waals surface area contributed by atoms with Gasteiger partial charge in [0.05, 0.1) is 30.8 Å². The molecule has 4 rings (SSSR count). The van der Waals surface area contributed by atoms with Gasteiger partial charge in [0, 0.05) is 16.7 Å². The number of ether oxygens (including phenoxy) is 3. The zero-order chi connectivity index (χ0) is 26.7. The molecule has 1 N–H and O–H groups in total. The molecule has 1 aliphatic rings. The quantitative estimate of drug-likeness (QED) is 0.212. The molecule has 1 aliphatic heterocycles. The number of carbonyl (C=O) groups is 3. The number of urea groups is 1. The fraction of sp³-hybridized carbons (Fsp3) is 0.160. The van der Waals surface area contributed by atoms with Gasteiger partial charge in [-0.3, -0.25) is 9.69 Å². The molecular weight excluding hydrogens is 547 g/mol. The summed E-state index contributed by atoms with van der Waals surface area (Å²) in [5.41, 5.74) is 1.11. The van der Waals surface area contributed by atoms with Gasteiger partial charge in [-0.2, -0.15) is 0 Å². The average molecular weight is 566 g/mol. The number of rotatable bonds is 8. The summed E-state index contributed by atoms with van der Waals surface area (Å²) in [5.74, 6) is -0.503. The molecule has 0 aliphatic carbocycles. The molecule has 0 saturated carbocycles. The van der Waals surface area contributed by atoms with E-state index in [9.17, 15) is 14.4 Å². The van der Waals surface area contributed by atoms with Crippen molar-refractivity contribution in [1.82, 2.24) is 10.2 Å². The smallest absolute Gasteiger partial charge is 0.373 e. The maximum absolute atomic E-state index is 13.0. The highest BCUT2D eigenvalue weighted by Gasteiger charge is 2.35. The van der Waals surface area contributed by atoms with Crippen LogP contribution in [0.1, 0.15) is 27.4 Å². The van der Waals surface area contributed by atoms with E-state index in [-0.39, 0.29) is 30.4 Å². The van der Waals surface area contributed by atoms with Crippen LogP contribution < -0.4 is 14.8 Å². The van der Waals surface area contributed by atoms with Gasteiger partial charge in [-0.15, -0.1) is 0 Å². The molecule has 37 heavy (non-hydrogen) atoms. The second-order valence-corrected chi connectivity index (χ2v) is 8.95. The number of amides is 3. The van der Waals surface area contributed by atoms with Crippen LogP contribution in [0.15, 0.2) is 52.6 Å². The lowest BCUT2D eigenvalue weighted by Gasteiger charge is -2.15. The number of nitrogens with zero attached hydrogens (tertiary/aromatic N) is 1. The molecule has 1 fully saturated rings. The molecule has 3 aromatic rings. The van der Waals surface area contributed by atoms with Crippen molar-refractivity contribution in [2.45, 2.75) is 13.2 Å². The van der Waals surface area contributed by atoms with Crippen molar-refractivity contribution < 1.29 is 33.0 Å². The number of nitrogens with one attached hydrogen (secondary N) is 1. The van der Waals surface area contributed by atoms with Crippen LogP contribution in [-0.2, 0) is 22.7 Å². The van der Waals surface area contributed by atoms with Gasteiger partial charge >= 0.3 is 12.0 Å². The van der Waals surface area contributed by atoms with Gasteiger partial charge < -0.3 is 23.9 Å². The van der Waals surface area contributed by atoms with Crippen LogP contribution in [0.3, 0.4) is 0 Å². The van der Waals surface area contributed by atoms with Gasteiger partial charge in [-0.05, 0) is 42.0 Å². The highest BCUT2D eigenvalue weighted by molar-refractivity contribution is 6.42. The van der Waals surface area contributed by atoms with E-state index < -0.39 is 17.9 Å². The Labute approximate surface area is 226 Å². The minimum absolute atomic E-state index is 0.0199. The van der Waals surface area contributed by atoms with Crippen molar-refractivity contribution in [1.29, 1.82) is 0 Å². The Morgan fingerprint density at radius 1 is 1.05 bits per heavy atom. The Morgan fingerprint density at radius 3 is 2.54 bits per heavy atom. The number of halogens is 3. The fourth-order valence-electron chi connectivity index (χ4n) is 3.49. The lowest BCUT2D eigenvalue weighted by atomic mass is 10.1. The standard InChI is InChI=1S/C25H19Cl3N2O7/c1-34-21-10-15(26)8-14(22(21)36-12-13-3-5-17(27)18(28)7-13)9-19-23(31)30(25(33)29-19)11-16-4-6-20(37-16)24(32)35-2/h3-10H,11-12H2,1-2H3,(H,29,33)/b19-9+. The summed E-state index contributed by atoms with van der Waals surface area (Å²) in [5, 5.41) is 3.64. The molecule has 0 atom stereocenters. The summed E-state index contributed by atoms with van der Waals surface area (Å²) >= 11 is 18.3. The number of hydrogen-bond acceptors (Lipinski definition) is 7. The zero-order valence-corrected chi connectivity index (χ0v) is 21.7. The minimum atomic E-state index is -0.674. The van der Waals surface area contributed by atoms with E-state index in [1.165, 1.54) is 32.4 Å². The molecule has 0 unspecified atom stereocenters. The van der Waals surface area contributed by atoms with Crippen molar-refractivity contribution in [3.63, 3.8) is 0 Å². The number of methoxy groups -OCH3 is 2. The number of carbonyl (C=O) groups excluding carboxylic acids is 3. The van der Waals surface area contributed by atoms with Gasteiger partial charge in [0.2, 0.25) is 5.76 Å². The number of esters is 1. The van der Waals surface area contributed by atoms with E-state index in [0.717, 1.165) is 10.5 Å². The monoisotopic (exact) mass is 564 g/mol. The second kappa shape index (κ2) is 11.2. The first-order valence-corrected chi connectivity index (χ1v) is 11.8. The van der Waals surface area contributed by atoms with Gasteiger partial charge in [0.15, 0.2) is 11.5 Å². The van der Waals surface area contributed by atoms with E-state index in [1.807, 2.05) is 0 Å². The summed E-state index contributed by atoms with van der Waals surface area (Å²) in [6.07, 6.45) is 1.43. The molecule has 9 nitrogen and oxygen atoms in total. The molecule has 2 aromatic carbocycles. The first kappa shape index (κ1) is 26.4. The summed E-state index contributed by atoms with van der Waals surface area (Å²) in [4.78, 5) is 38.1. The third-order valence-corrected chi connectivity index (χ3v) is 6.22. The molecule has 2 heterocycles. The van der Waals surface area contributed by atoms with Crippen LogP contribution in [0.2, 0.25) is 15.1 Å². The normalized spacial score (nSPS) is 14.2. The van der Waals surface area contributed by atoms with Crippen LogP contribution in [-0.4, -0.2) is 37.0 Å². The number of furan rings is 1. The summed E-state index contributed by atoms with van der Waals surface area (Å²) in [6.45, 7) is -0.0863. The Morgan fingerprint density at radius 2 is 1.84 bits per heavy atom. The van der Waals surface area contributed by atoms with Crippen LogP contribution >= 0.6 is 34.8 Å². The van der Waals surface area contributed by atoms with Gasteiger partial charge in [-0.1, -0.05) is 40.9 Å². The predicted molar refractivity (Wildman–Crippen MR) is 136 cm³/mol. The highest BCUT2D eigenvalue weighted by atomic mass is 35.5. The molecular formula is C25H19Cl3N2O7. The SMILES string of the molecule is COC(=O)c1ccc(CN2C(=O)N/C(=C/c3cc(Cl)cc(OC)c3OCc3ccc(Cl)c(Cl)c3)C2=O)o1. The lowest BCUT2D eigenvalue weighted by molar-refractivity contribution is -0.123. The summed E-state index contributed by atoms with van der Waals surface area (Å²) in [6, 6.07) is 10.4. The molecule has 0 bridgehead atoms. The molecule has 0 spiro atoms. The highest BCUT2D eigenvalue weighted by Crippen LogP contribution is 2.37. The van der Waals surface area contributed by atoms with Crippen LogP contribution in [0.5, 0.6) is 11.5 Å². The molecule has 12 heteroatoms. The Kier molecular flexibility index (Phi) is 7.97. The molecule has 0 radical (unpaired) electrons. The average Bonchev–Trinajstić information content (AvgIpc) is 3.45. The second-order valence-electron chi connectivity index (χ2n) is 7.70. The Bertz CT molecular complexity index is 1420. The first-order chi connectivity index (χ1) is 17.7. The lowest BCUT2D eigenvalue weighted by Crippen LogP contribution is -2.30. The van der Waals surface area contributed by atoms with E-state index in [1.54, 1.807) is 30.3 Å². The number of benzene rings is 2. The van der Waals surface area contributed by atoms with E-state index in [0.29, 0.717) is 32.1 Å². The predicted octanol–water partition coefficient (Wildman–Crippen LogP) is 5.71. The van der Waals surface area contributed by atoms with Crippen molar-refractivity contribution in [3.05, 3.63) is 85.9 Å². The zero-order valence-electron chi connectivity index (χ0n) is 19.5. The molecule has 1 aromatic heterocycles. The van der Waals surface area contributed by atoms with Crippen LogP contribution in [0.4, 0.5) is 4.79 Å².